The highest BCUT2D eigenvalue weighted by Gasteiger charge is 2.15. The van der Waals surface area contributed by atoms with Gasteiger partial charge in [0, 0.05) is 10.6 Å². The molecule has 0 aliphatic heterocycles. The maximum Gasteiger partial charge on any atom is 0.196 e. The topological polar surface area (TPSA) is 17.1 Å². The van der Waals surface area contributed by atoms with Crippen LogP contribution in [0, 0.1) is 18.6 Å². The van der Waals surface area contributed by atoms with E-state index in [9.17, 15) is 13.6 Å². The van der Waals surface area contributed by atoms with Crippen LogP contribution in [0.3, 0.4) is 0 Å². The van der Waals surface area contributed by atoms with E-state index in [1.54, 1.807) is 6.92 Å². The van der Waals surface area contributed by atoms with Gasteiger partial charge in [-0.2, -0.15) is 0 Å². The normalized spacial score (nSPS) is 10.4. The standard InChI is InChI=1S/C14H9ClF2O/c1-8-4-9(6-11(16)5-8)14(18)12-7-10(15)2-3-13(12)17/h2-7H,1H3. The summed E-state index contributed by atoms with van der Waals surface area (Å²) in [6.45, 7) is 1.66. The summed E-state index contributed by atoms with van der Waals surface area (Å²) < 4.78 is 26.7. The van der Waals surface area contributed by atoms with Gasteiger partial charge in [-0.25, -0.2) is 8.78 Å². The third-order valence-electron chi connectivity index (χ3n) is 2.48. The molecule has 0 bridgehead atoms. The minimum absolute atomic E-state index is 0.105. The smallest absolute Gasteiger partial charge is 0.196 e. The van der Waals surface area contributed by atoms with E-state index in [0.29, 0.717) is 5.56 Å². The lowest BCUT2D eigenvalue weighted by atomic mass is 10.0. The largest absolute Gasteiger partial charge is 0.288 e. The molecule has 0 radical (unpaired) electrons. The van der Waals surface area contributed by atoms with Gasteiger partial charge in [-0.05, 0) is 48.9 Å². The van der Waals surface area contributed by atoms with Crippen molar-refractivity contribution in [2.75, 3.05) is 0 Å². The summed E-state index contributed by atoms with van der Waals surface area (Å²) in [4.78, 5) is 12.1. The van der Waals surface area contributed by atoms with Crippen LogP contribution in [0.15, 0.2) is 36.4 Å². The number of ketones is 1. The van der Waals surface area contributed by atoms with Crippen molar-refractivity contribution in [1.82, 2.24) is 0 Å². The van der Waals surface area contributed by atoms with Crippen LogP contribution in [0.1, 0.15) is 21.5 Å². The van der Waals surface area contributed by atoms with Crippen molar-refractivity contribution >= 4 is 17.4 Å². The first-order valence-corrected chi connectivity index (χ1v) is 5.62. The number of halogens is 3. The highest BCUT2D eigenvalue weighted by Crippen LogP contribution is 2.19. The molecule has 0 saturated carbocycles. The van der Waals surface area contributed by atoms with Crippen LogP contribution >= 0.6 is 11.6 Å². The second-order valence-corrected chi connectivity index (χ2v) is 4.41. The Morgan fingerprint density at radius 1 is 1.11 bits per heavy atom. The predicted octanol–water partition coefficient (Wildman–Crippen LogP) is 4.16. The number of rotatable bonds is 2. The third kappa shape index (κ3) is 2.57. The van der Waals surface area contributed by atoms with Crippen molar-refractivity contribution < 1.29 is 13.6 Å². The number of hydrogen-bond acceptors (Lipinski definition) is 1. The molecule has 2 aromatic rings. The van der Waals surface area contributed by atoms with Crippen LogP contribution in [0.5, 0.6) is 0 Å². The van der Waals surface area contributed by atoms with Crippen molar-refractivity contribution in [1.29, 1.82) is 0 Å². The predicted molar refractivity (Wildman–Crippen MR) is 66.0 cm³/mol. The van der Waals surface area contributed by atoms with Gasteiger partial charge in [0.25, 0.3) is 0 Å². The third-order valence-corrected chi connectivity index (χ3v) is 2.71. The molecular formula is C14H9ClF2O. The molecule has 0 amide bonds. The van der Waals surface area contributed by atoms with Crippen molar-refractivity contribution in [2.45, 2.75) is 6.92 Å². The van der Waals surface area contributed by atoms with Gasteiger partial charge in [-0.15, -0.1) is 0 Å². The Morgan fingerprint density at radius 3 is 2.50 bits per heavy atom. The second-order valence-electron chi connectivity index (χ2n) is 3.97. The quantitative estimate of drug-likeness (QED) is 0.746. The van der Waals surface area contributed by atoms with E-state index in [1.807, 2.05) is 0 Å². The highest BCUT2D eigenvalue weighted by atomic mass is 35.5. The van der Waals surface area contributed by atoms with Crippen LogP contribution in [-0.2, 0) is 0 Å². The van der Waals surface area contributed by atoms with Gasteiger partial charge in [0.1, 0.15) is 11.6 Å². The Bertz CT molecular complexity index is 603. The molecule has 0 heterocycles. The van der Waals surface area contributed by atoms with Crippen LogP contribution < -0.4 is 0 Å². The van der Waals surface area contributed by atoms with Gasteiger partial charge in [-0.3, -0.25) is 4.79 Å². The van der Waals surface area contributed by atoms with E-state index in [-0.39, 0.29) is 16.1 Å². The van der Waals surface area contributed by atoms with E-state index >= 15 is 0 Å². The monoisotopic (exact) mass is 266 g/mol. The van der Waals surface area contributed by atoms with Crippen molar-refractivity contribution in [3.63, 3.8) is 0 Å². The zero-order valence-corrected chi connectivity index (χ0v) is 10.3. The Morgan fingerprint density at radius 2 is 1.83 bits per heavy atom. The van der Waals surface area contributed by atoms with Crippen LogP contribution in [0.2, 0.25) is 5.02 Å². The highest BCUT2D eigenvalue weighted by molar-refractivity contribution is 6.31. The Balaban J connectivity index is 2.51. The molecule has 0 aliphatic carbocycles. The van der Waals surface area contributed by atoms with Gasteiger partial charge in [0.15, 0.2) is 5.78 Å². The maximum atomic E-state index is 13.5. The fourth-order valence-corrected chi connectivity index (χ4v) is 1.87. The lowest BCUT2D eigenvalue weighted by Gasteiger charge is -2.05. The molecule has 1 nitrogen and oxygen atoms in total. The lowest BCUT2D eigenvalue weighted by Crippen LogP contribution is -2.05. The van der Waals surface area contributed by atoms with E-state index in [4.69, 9.17) is 11.6 Å². The molecule has 0 N–H and O–H groups in total. The SMILES string of the molecule is Cc1cc(F)cc(C(=O)c2cc(Cl)ccc2F)c1. The molecule has 0 spiro atoms. The first kappa shape index (κ1) is 12.7. The fraction of sp³-hybridized carbons (Fsp3) is 0.0714. The summed E-state index contributed by atoms with van der Waals surface area (Å²) in [5.74, 6) is -1.79. The molecule has 0 aliphatic rings. The summed E-state index contributed by atoms with van der Waals surface area (Å²) in [5.41, 5.74) is 0.543. The Hall–Kier alpha value is -1.74. The molecule has 18 heavy (non-hydrogen) atoms. The molecular weight excluding hydrogens is 258 g/mol. The van der Waals surface area contributed by atoms with Crippen LogP contribution in [0.4, 0.5) is 8.78 Å². The second kappa shape index (κ2) is 4.86. The molecule has 4 heteroatoms. The Kier molecular flexibility index (Phi) is 3.43. The van der Waals surface area contributed by atoms with Gasteiger partial charge >= 0.3 is 0 Å². The van der Waals surface area contributed by atoms with Crippen molar-refractivity contribution in [3.8, 4) is 0 Å². The average molecular weight is 267 g/mol. The molecule has 2 aromatic carbocycles. The lowest BCUT2D eigenvalue weighted by molar-refractivity contribution is 0.103. The fourth-order valence-electron chi connectivity index (χ4n) is 1.69. The molecule has 0 fully saturated rings. The zero-order valence-electron chi connectivity index (χ0n) is 9.51. The van der Waals surface area contributed by atoms with E-state index < -0.39 is 17.4 Å². The number of carbonyl (C=O) groups excluding carboxylic acids is 1. The van der Waals surface area contributed by atoms with E-state index in [1.165, 1.54) is 24.3 Å². The number of aryl methyl sites for hydroxylation is 1. The van der Waals surface area contributed by atoms with Crippen molar-refractivity contribution in [3.05, 3.63) is 69.7 Å². The van der Waals surface area contributed by atoms with Crippen molar-refractivity contribution in [2.24, 2.45) is 0 Å². The average Bonchev–Trinajstić information content (AvgIpc) is 2.30. The molecule has 0 atom stereocenters. The summed E-state index contributed by atoms with van der Waals surface area (Å²) in [6, 6.07) is 7.58. The van der Waals surface area contributed by atoms with E-state index in [2.05, 4.69) is 0 Å². The Labute approximate surface area is 108 Å². The van der Waals surface area contributed by atoms with Gasteiger partial charge in [-0.1, -0.05) is 11.6 Å². The number of hydrogen-bond donors (Lipinski definition) is 0. The van der Waals surface area contributed by atoms with Gasteiger partial charge < -0.3 is 0 Å². The summed E-state index contributed by atoms with van der Waals surface area (Å²) >= 11 is 5.72. The minimum atomic E-state index is -0.675. The first-order chi connectivity index (χ1) is 8.47. The molecule has 0 unspecified atom stereocenters. The molecule has 92 valence electrons. The van der Waals surface area contributed by atoms with E-state index in [0.717, 1.165) is 12.1 Å². The summed E-state index contributed by atoms with van der Waals surface area (Å²) in [6.07, 6.45) is 0. The van der Waals surface area contributed by atoms with Crippen LogP contribution in [0.25, 0.3) is 0 Å². The number of benzene rings is 2. The van der Waals surface area contributed by atoms with Gasteiger partial charge in [0.2, 0.25) is 0 Å². The minimum Gasteiger partial charge on any atom is -0.288 e. The first-order valence-electron chi connectivity index (χ1n) is 5.24. The maximum absolute atomic E-state index is 13.5. The van der Waals surface area contributed by atoms with Crippen LogP contribution in [-0.4, -0.2) is 5.78 Å². The summed E-state index contributed by atoms with van der Waals surface area (Å²) in [7, 11) is 0. The molecule has 2 rings (SSSR count). The number of carbonyl (C=O) groups is 1. The molecule has 0 saturated heterocycles. The summed E-state index contributed by atoms with van der Waals surface area (Å²) in [5, 5.41) is 0.257. The molecule has 0 aromatic heterocycles. The zero-order chi connectivity index (χ0) is 13.3. The van der Waals surface area contributed by atoms with Gasteiger partial charge in [0.05, 0.1) is 5.56 Å².